The average Bonchev–Trinajstić information content (AvgIpc) is 3.32. The first-order valence-corrected chi connectivity index (χ1v) is 10.9. The molecule has 0 aliphatic rings. The normalized spacial score (nSPS) is 12.1. The number of phenols is 1. The SMILES string of the molecule is CC(C)COc1ccc(-c2c3oc4c(O)c(=O)ccc4c3[nH]c3c2c(=O)[nH]n3C(C)C)cc1. The van der Waals surface area contributed by atoms with Crippen LogP contribution in [0.4, 0.5) is 0 Å². The number of benzene rings is 2. The molecule has 0 unspecified atom stereocenters. The van der Waals surface area contributed by atoms with Gasteiger partial charge < -0.3 is 19.2 Å². The molecule has 8 nitrogen and oxygen atoms in total. The summed E-state index contributed by atoms with van der Waals surface area (Å²) in [6.45, 7) is 8.70. The molecule has 8 heteroatoms. The van der Waals surface area contributed by atoms with E-state index in [0.29, 0.717) is 45.6 Å². The number of aromatic nitrogens is 3. The fraction of sp³-hybridized carbons (Fsp3) is 0.280. The summed E-state index contributed by atoms with van der Waals surface area (Å²) in [6.07, 6.45) is 0. The van der Waals surface area contributed by atoms with Crippen molar-refractivity contribution in [2.45, 2.75) is 33.7 Å². The van der Waals surface area contributed by atoms with Crippen molar-refractivity contribution in [2.75, 3.05) is 6.61 Å². The number of phenolic OH excluding ortho intramolecular Hbond substituents is 1. The van der Waals surface area contributed by atoms with Crippen LogP contribution in [-0.4, -0.2) is 26.5 Å². The zero-order valence-electron chi connectivity index (χ0n) is 18.9. The largest absolute Gasteiger partial charge is 0.502 e. The molecule has 3 aromatic heterocycles. The van der Waals surface area contributed by atoms with E-state index in [4.69, 9.17) is 9.15 Å². The highest BCUT2D eigenvalue weighted by Crippen LogP contribution is 2.40. The van der Waals surface area contributed by atoms with Gasteiger partial charge in [0, 0.05) is 17.0 Å². The predicted octanol–water partition coefficient (Wildman–Crippen LogP) is 4.91. The molecular weight excluding hydrogens is 422 g/mol. The molecule has 170 valence electrons. The lowest BCUT2D eigenvalue weighted by Gasteiger charge is -2.11. The first-order valence-electron chi connectivity index (χ1n) is 10.9. The summed E-state index contributed by atoms with van der Waals surface area (Å²) in [5.74, 6) is 0.678. The Bertz CT molecular complexity index is 1610. The van der Waals surface area contributed by atoms with Crippen LogP contribution in [0.2, 0.25) is 0 Å². The van der Waals surface area contributed by atoms with Crippen molar-refractivity contribution in [1.29, 1.82) is 0 Å². The number of pyridine rings is 1. The molecule has 5 rings (SSSR count). The molecule has 3 heterocycles. The second kappa shape index (κ2) is 7.58. The molecule has 0 aliphatic carbocycles. The second-order valence-corrected chi connectivity index (χ2v) is 8.95. The van der Waals surface area contributed by atoms with Crippen molar-refractivity contribution in [3.63, 3.8) is 0 Å². The number of rotatable bonds is 5. The summed E-state index contributed by atoms with van der Waals surface area (Å²) in [5.41, 5.74) is 2.22. The van der Waals surface area contributed by atoms with Gasteiger partial charge in [0.2, 0.25) is 11.2 Å². The number of hydrogen-bond donors (Lipinski definition) is 3. The van der Waals surface area contributed by atoms with Gasteiger partial charge in [-0.3, -0.25) is 19.4 Å². The van der Waals surface area contributed by atoms with Gasteiger partial charge in [0.05, 0.1) is 17.5 Å². The number of nitrogens with zero attached hydrogens (tertiary/aromatic N) is 1. The Balaban J connectivity index is 1.86. The standard InChI is InChI=1S/C25H25N3O5/c1-12(2)11-32-15-7-5-14(6-8-15)18-19-24(28(13(3)4)27-25(19)31)26-20-16-9-10-17(29)21(30)22(16)33-23(18)20/h5-10,12-13,26,30H,11H2,1-4H3,(H,27,31). The number of hydrogen-bond acceptors (Lipinski definition) is 5. The molecular formula is C25H25N3O5. The van der Waals surface area contributed by atoms with Crippen molar-refractivity contribution in [2.24, 2.45) is 5.92 Å². The molecule has 33 heavy (non-hydrogen) atoms. The van der Waals surface area contributed by atoms with Crippen molar-refractivity contribution in [3.8, 4) is 22.6 Å². The van der Waals surface area contributed by atoms with Crippen LogP contribution in [0.25, 0.3) is 44.2 Å². The first-order chi connectivity index (χ1) is 15.8. The van der Waals surface area contributed by atoms with E-state index in [0.717, 1.165) is 11.3 Å². The summed E-state index contributed by atoms with van der Waals surface area (Å²) in [4.78, 5) is 28.4. The number of H-pyrrole nitrogens is 2. The number of nitrogens with one attached hydrogen (secondary N) is 2. The van der Waals surface area contributed by atoms with Crippen LogP contribution in [0.5, 0.6) is 11.5 Å². The molecule has 3 N–H and O–H groups in total. The van der Waals surface area contributed by atoms with Crippen molar-refractivity contribution >= 4 is 33.1 Å². The van der Waals surface area contributed by atoms with E-state index in [2.05, 4.69) is 23.9 Å². The molecule has 0 spiro atoms. The molecule has 0 atom stereocenters. The molecule has 0 aliphatic heterocycles. The van der Waals surface area contributed by atoms with Gasteiger partial charge in [-0.2, -0.15) is 0 Å². The van der Waals surface area contributed by atoms with Crippen LogP contribution in [0, 0.1) is 5.92 Å². The second-order valence-electron chi connectivity index (χ2n) is 8.95. The summed E-state index contributed by atoms with van der Waals surface area (Å²) in [7, 11) is 0. The molecule has 0 saturated carbocycles. The van der Waals surface area contributed by atoms with E-state index in [9.17, 15) is 14.7 Å². The van der Waals surface area contributed by atoms with E-state index >= 15 is 0 Å². The van der Waals surface area contributed by atoms with Crippen LogP contribution in [0.1, 0.15) is 33.7 Å². The quantitative estimate of drug-likeness (QED) is 0.354. The number of aromatic hydroxyl groups is 1. The van der Waals surface area contributed by atoms with Crippen LogP contribution < -0.4 is 15.7 Å². The third-order valence-corrected chi connectivity index (χ3v) is 5.68. The summed E-state index contributed by atoms with van der Waals surface area (Å²) in [5, 5.41) is 14.2. The van der Waals surface area contributed by atoms with Gasteiger partial charge in [0.25, 0.3) is 5.56 Å². The molecule has 2 aromatic carbocycles. The Morgan fingerprint density at radius 2 is 1.76 bits per heavy atom. The van der Waals surface area contributed by atoms with Crippen LogP contribution >= 0.6 is 0 Å². The predicted molar refractivity (Wildman–Crippen MR) is 128 cm³/mol. The third-order valence-electron chi connectivity index (χ3n) is 5.68. The Labute approximate surface area is 188 Å². The monoisotopic (exact) mass is 447 g/mol. The maximum Gasteiger partial charge on any atom is 0.274 e. The van der Waals surface area contributed by atoms with E-state index in [1.165, 1.54) is 6.07 Å². The Kier molecular flexibility index (Phi) is 4.81. The minimum Gasteiger partial charge on any atom is -0.502 e. The van der Waals surface area contributed by atoms with Gasteiger partial charge in [-0.15, -0.1) is 0 Å². The lowest BCUT2D eigenvalue weighted by molar-refractivity contribution is 0.271. The Morgan fingerprint density at radius 1 is 1.03 bits per heavy atom. The maximum absolute atomic E-state index is 13.1. The van der Waals surface area contributed by atoms with Crippen molar-refractivity contribution in [1.82, 2.24) is 14.8 Å². The fourth-order valence-electron chi connectivity index (χ4n) is 4.11. The average molecular weight is 447 g/mol. The molecule has 0 amide bonds. The third kappa shape index (κ3) is 3.29. The molecule has 0 bridgehead atoms. The molecule has 0 fully saturated rings. The Morgan fingerprint density at radius 3 is 2.42 bits per heavy atom. The van der Waals surface area contributed by atoms with Gasteiger partial charge in [0.15, 0.2) is 11.2 Å². The highest BCUT2D eigenvalue weighted by Gasteiger charge is 2.24. The lowest BCUT2D eigenvalue weighted by atomic mass is 10.0. The van der Waals surface area contributed by atoms with Crippen LogP contribution in [0.3, 0.4) is 0 Å². The number of ether oxygens (including phenoxy) is 1. The number of fused-ring (bicyclic) bond motifs is 4. The van der Waals surface area contributed by atoms with E-state index in [1.54, 1.807) is 10.7 Å². The van der Waals surface area contributed by atoms with Gasteiger partial charge >= 0.3 is 0 Å². The van der Waals surface area contributed by atoms with Gasteiger partial charge in [0.1, 0.15) is 11.4 Å². The minimum absolute atomic E-state index is 0.0108. The van der Waals surface area contributed by atoms with Gasteiger partial charge in [-0.25, -0.2) is 0 Å². The van der Waals surface area contributed by atoms with Gasteiger partial charge in [-0.05, 0) is 49.6 Å². The molecule has 0 saturated heterocycles. The lowest BCUT2D eigenvalue weighted by Crippen LogP contribution is -2.07. The number of furan rings is 1. The van der Waals surface area contributed by atoms with Crippen molar-refractivity contribution < 1.29 is 14.3 Å². The van der Waals surface area contributed by atoms with Crippen molar-refractivity contribution in [3.05, 3.63) is 57.0 Å². The molecule has 0 radical (unpaired) electrons. The highest BCUT2D eigenvalue weighted by atomic mass is 16.5. The number of aromatic amines is 2. The highest BCUT2D eigenvalue weighted by molar-refractivity contribution is 6.15. The minimum atomic E-state index is -0.524. The zero-order valence-corrected chi connectivity index (χ0v) is 18.9. The summed E-state index contributed by atoms with van der Waals surface area (Å²) in [6, 6.07) is 10.4. The first kappa shape index (κ1) is 20.9. The van der Waals surface area contributed by atoms with E-state index in [-0.39, 0.29) is 17.2 Å². The summed E-state index contributed by atoms with van der Waals surface area (Å²) < 4.78 is 13.6. The Hall–Kier alpha value is -3.94. The smallest absolute Gasteiger partial charge is 0.274 e. The van der Waals surface area contributed by atoms with Gasteiger partial charge in [-0.1, -0.05) is 26.0 Å². The zero-order chi connectivity index (χ0) is 23.4. The van der Waals surface area contributed by atoms with E-state index in [1.807, 2.05) is 38.1 Å². The maximum atomic E-state index is 13.1. The topological polar surface area (TPSA) is 113 Å². The van der Waals surface area contributed by atoms with Crippen LogP contribution in [-0.2, 0) is 0 Å². The fourth-order valence-corrected chi connectivity index (χ4v) is 4.11. The van der Waals surface area contributed by atoms with E-state index < -0.39 is 11.2 Å². The summed E-state index contributed by atoms with van der Waals surface area (Å²) >= 11 is 0. The van der Waals surface area contributed by atoms with Crippen LogP contribution in [0.15, 0.2) is 50.4 Å². The molecule has 5 aromatic rings.